The molecule has 3 N–H and O–H groups in total. The molecule has 1 aromatic carbocycles. The molecule has 2 aromatic rings. The van der Waals surface area contributed by atoms with Crippen LogP contribution in [-0.4, -0.2) is 34.8 Å². The molecule has 1 aliphatic heterocycles. The van der Waals surface area contributed by atoms with Gasteiger partial charge in [0.2, 0.25) is 11.5 Å². The quantitative estimate of drug-likeness (QED) is 0.385. The average Bonchev–Trinajstić information content (AvgIpc) is 3.19. The van der Waals surface area contributed by atoms with Gasteiger partial charge in [0.1, 0.15) is 11.4 Å². The predicted octanol–water partition coefficient (Wildman–Crippen LogP) is 2.75. The fourth-order valence-corrected chi connectivity index (χ4v) is 3.38. The topological polar surface area (TPSA) is 101 Å². The van der Waals surface area contributed by atoms with E-state index in [9.17, 15) is 19.1 Å². The summed E-state index contributed by atoms with van der Waals surface area (Å²) in [6.45, 7) is 2.01. The van der Waals surface area contributed by atoms with Crippen LogP contribution in [0.5, 0.6) is 0 Å². The number of carbonyl (C=O) groups excluding carboxylic acids is 2. The number of hydroxylamine groups is 1. The van der Waals surface area contributed by atoms with Crippen LogP contribution in [0, 0.1) is 5.82 Å². The molecule has 1 unspecified atom stereocenters. The lowest BCUT2D eigenvalue weighted by molar-refractivity contribution is -0.128. The van der Waals surface area contributed by atoms with Gasteiger partial charge in [-0.2, -0.15) is 0 Å². The SMILES string of the molecule is CCCCCC1(O)OC(=C=O)C(C(=O)NOC)=C1c1cc2ccc(F)cc2[nH]1. The van der Waals surface area contributed by atoms with E-state index in [1.54, 1.807) is 18.1 Å². The van der Waals surface area contributed by atoms with Gasteiger partial charge in [-0.3, -0.25) is 9.63 Å². The maximum atomic E-state index is 13.6. The highest BCUT2D eigenvalue weighted by atomic mass is 19.1. The first-order valence-corrected chi connectivity index (χ1v) is 8.97. The Morgan fingerprint density at radius 3 is 2.86 bits per heavy atom. The van der Waals surface area contributed by atoms with Crippen LogP contribution in [0.3, 0.4) is 0 Å². The lowest BCUT2D eigenvalue weighted by Gasteiger charge is -2.25. The first-order valence-electron chi connectivity index (χ1n) is 8.97. The van der Waals surface area contributed by atoms with Crippen LogP contribution in [0.1, 0.15) is 38.3 Å². The molecule has 0 spiro atoms. The molecule has 0 aliphatic carbocycles. The summed E-state index contributed by atoms with van der Waals surface area (Å²) in [7, 11) is 1.25. The zero-order chi connectivity index (χ0) is 20.3. The number of benzene rings is 1. The van der Waals surface area contributed by atoms with Crippen molar-refractivity contribution in [2.75, 3.05) is 7.11 Å². The average molecular weight is 388 g/mol. The van der Waals surface area contributed by atoms with Crippen molar-refractivity contribution in [2.45, 2.75) is 38.4 Å². The Morgan fingerprint density at radius 2 is 2.18 bits per heavy atom. The Hall–Kier alpha value is -2.93. The molecule has 148 valence electrons. The standard InChI is InChI=1S/C20H21FN2O5/c1-3-4-5-8-20(26)18(17(16(11-24)28-20)19(25)23-27-2)15-9-12-6-7-13(21)10-14(12)22-15/h6-7,9-10,22,26H,3-5,8H2,1-2H3,(H,23,25). The third-order valence-electron chi connectivity index (χ3n) is 4.63. The Bertz CT molecular complexity index is 990. The normalized spacial score (nSPS) is 19.1. The molecule has 0 saturated heterocycles. The molecule has 1 atom stereocenters. The van der Waals surface area contributed by atoms with E-state index in [1.807, 2.05) is 6.92 Å². The number of hydrogen-bond donors (Lipinski definition) is 3. The van der Waals surface area contributed by atoms with E-state index in [0.29, 0.717) is 23.0 Å². The minimum Gasteiger partial charge on any atom is -0.446 e. The van der Waals surface area contributed by atoms with Crippen molar-refractivity contribution >= 4 is 28.3 Å². The van der Waals surface area contributed by atoms with E-state index in [0.717, 1.165) is 12.8 Å². The monoisotopic (exact) mass is 388 g/mol. The number of H-pyrrole nitrogens is 1. The van der Waals surface area contributed by atoms with Crippen molar-refractivity contribution in [1.29, 1.82) is 0 Å². The summed E-state index contributed by atoms with van der Waals surface area (Å²) in [5, 5.41) is 11.9. The number of halogens is 1. The fourth-order valence-electron chi connectivity index (χ4n) is 3.38. The lowest BCUT2D eigenvalue weighted by atomic mass is 9.93. The van der Waals surface area contributed by atoms with Crippen LogP contribution < -0.4 is 5.48 Å². The van der Waals surface area contributed by atoms with Gasteiger partial charge in [-0.1, -0.05) is 19.8 Å². The van der Waals surface area contributed by atoms with Gasteiger partial charge in [0.15, 0.2) is 5.94 Å². The van der Waals surface area contributed by atoms with Gasteiger partial charge in [0.05, 0.1) is 12.7 Å². The van der Waals surface area contributed by atoms with Crippen LogP contribution in [-0.2, 0) is 19.2 Å². The Kier molecular flexibility index (Phi) is 5.65. The molecule has 28 heavy (non-hydrogen) atoms. The van der Waals surface area contributed by atoms with Gasteiger partial charge in [-0.25, -0.2) is 14.7 Å². The summed E-state index contributed by atoms with van der Waals surface area (Å²) < 4.78 is 19.0. The van der Waals surface area contributed by atoms with Gasteiger partial charge < -0.3 is 14.8 Å². The molecule has 8 heteroatoms. The summed E-state index contributed by atoms with van der Waals surface area (Å²) in [4.78, 5) is 31.6. The van der Waals surface area contributed by atoms with Gasteiger partial charge in [0, 0.05) is 23.0 Å². The third kappa shape index (κ3) is 3.57. The van der Waals surface area contributed by atoms with Gasteiger partial charge in [-0.15, -0.1) is 0 Å². The van der Waals surface area contributed by atoms with Crippen LogP contribution in [0.4, 0.5) is 4.39 Å². The minimum absolute atomic E-state index is 0.0908. The number of hydrogen-bond acceptors (Lipinski definition) is 5. The number of nitrogens with one attached hydrogen (secondary N) is 2. The zero-order valence-electron chi connectivity index (χ0n) is 15.6. The number of amides is 1. The largest absolute Gasteiger partial charge is 0.446 e. The summed E-state index contributed by atoms with van der Waals surface area (Å²) >= 11 is 0. The smallest absolute Gasteiger partial charge is 0.280 e. The predicted molar refractivity (Wildman–Crippen MR) is 99.7 cm³/mol. The number of unbranched alkanes of at least 4 members (excludes halogenated alkanes) is 2. The number of aliphatic hydroxyl groups is 1. The Balaban J connectivity index is 2.19. The van der Waals surface area contributed by atoms with Gasteiger partial charge in [0.25, 0.3) is 5.91 Å². The van der Waals surface area contributed by atoms with Crippen LogP contribution in [0.2, 0.25) is 0 Å². The summed E-state index contributed by atoms with van der Waals surface area (Å²) in [5.74, 6) is -1.92. The molecule has 0 fully saturated rings. The highest BCUT2D eigenvalue weighted by Crippen LogP contribution is 2.45. The molecule has 3 rings (SSSR count). The van der Waals surface area contributed by atoms with Crippen molar-refractivity contribution in [3.8, 4) is 0 Å². The van der Waals surface area contributed by atoms with Gasteiger partial charge in [-0.05, 0) is 30.7 Å². The lowest BCUT2D eigenvalue weighted by Crippen LogP contribution is -2.30. The van der Waals surface area contributed by atoms with Gasteiger partial charge >= 0.3 is 0 Å². The summed E-state index contributed by atoms with van der Waals surface area (Å²) in [5.41, 5.74) is 2.87. The van der Waals surface area contributed by atoms with E-state index in [2.05, 4.69) is 15.3 Å². The molecule has 2 heterocycles. The molecule has 7 nitrogen and oxygen atoms in total. The maximum Gasteiger partial charge on any atom is 0.280 e. The molecular formula is C20H21FN2O5. The highest BCUT2D eigenvalue weighted by Gasteiger charge is 2.48. The van der Waals surface area contributed by atoms with Crippen molar-refractivity contribution in [3.63, 3.8) is 0 Å². The zero-order valence-corrected chi connectivity index (χ0v) is 15.6. The Morgan fingerprint density at radius 1 is 1.39 bits per heavy atom. The first-order chi connectivity index (χ1) is 13.4. The number of aromatic nitrogens is 1. The number of ether oxygens (including phenoxy) is 1. The molecular weight excluding hydrogens is 367 g/mol. The van der Waals surface area contributed by atoms with E-state index < -0.39 is 23.3 Å². The van der Waals surface area contributed by atoms with Crippen molar-refractivity contribution in [1.82, 2.24) is 10.5 Å². The van der Waals surface area contributed by atoms with E-state index in [4.69, 9.17) is 4.74 Å². The minimum atomic E-state index is -1.90. The second-order valence-electron chi connectivity index (χ2n) is 6.57. The van der Waals surface area contributed by atoms with Crippen LogP contribution >= 0.6 is 0 Å². The van der Waals surface area contributed by atoms with E-state index in [1.165, 1.54) is 19.2 Å². The molecule has 1 aliphatic rings. The van der Waals surface area contributed by atoms with Crippen molar-refractivity contribution in [3.05, 3.63) is 47.1 Å². The van der Waals surface area contributed by atoms with Crippen LogP contribution in [0.15, 0.2) is 35.6 Å². The molecule has 1 amide bonds. The molecule has 0 radical (unpaired) electrons. The maximum absolute atomic E-state index is 13.6. The fraction of sp³-hybridized carbons (Fsp3) is 0.350. The van der Waals surface area contributed by atoms with Crippen molar-refractivity contribution in [2.24, 2.45) is 0 Å². The molecule has 1 aromatic heterocycles. The third-order valence-corrected chi connectivity index (χ3v) is 4.63. The summed E-state index contributed by atoms with van der Waals surface area (Å²) in [6, 6.07) is 5.84. The second-order valence-corrected chi connectivity index (χ2v) is 6.57. The van der Waals surface area contributed by atoms with E-state index in [-0.39, 0.29) is 17.6 Å². The number of aromatic amines is 1. The second kappa shape index (κ2) is 7.98. The van der Waals surface area contributed by atoms with Crippen LogP contribution in [0.25, 0.3) is 16.5 Å². The van der Waals surface area contributed by atoms with E-state index >= 15 is 0 Å². The highest BCUT2D eigenvalue weighted by molar-refractivity contribution is 6.09. The number of carbonyl (C=O) groups is 1. The number of rotatable bonds is 7. The molecule has 0 bridgehead atoms. The molecule has 0 saturated carbocycles. The summed E-state index contributed by atoms with van der Waals surface area (Å²) in [6.07, 6.45) is 2.51. The number of fused-ring (bicyclic) bond motifs is 1. The first kappa shape index (κ1) is 19.8. The van der Waals surface area contributed by atoms with Crippen molar-refractivity contribution < 1.29 is 28.7 Å². The Labute approximate surface area is 160 Å².